The number of benzene rings is 1. The number of nitrogens with zero attached hydrogens (tertiary/aromatic N) is 1. The molecule has 0 spiro atoms. The highest BCUT2D eigenvalue weighted by molar-refractivity contribution is 5.79. The van der Waals surface area contributed by atoms with Crippen molar-refractivity contribution in [3.05, 3.63) is 30.3 Å². The molecule has 0 bridgehead atoms. The highest BCUT2D eigenvalue weighted by atomic mass is 16.5. The zero-order chi connectivity index (χ0) is 15.9. The Morgan fingerprint density at radius 1 is 1.05 bits per heavy atom. The molecule has 124 valence electrons. The maximum atomic E-state index is 5.62. The summed E-state index contributed by atoms with van der Waals surface area (Å²) in [6, 6.07) is 9.76. The van der Waals surface area contributed by atoms with Crippen LogP contribution in [0.15, 0.2) is 35.3 Å². The molecular weight excluding hydrogens is 282 g/mol. The van der Waals surface area contributed by atoms with Crippen LogP contribution in [-0.2, 0) is 9.47 Å². The monoisotopic (exact) mass is 309 g/mol. The number of hydrogen-bond donors (Lipinski definition) is 2. The average molecular weight is 309 g/mol. The summed E-state index contributed by atoms with van der Waals surface area (Å²) in [6.45, 7) is 6.52. The van der Waals surface area contributed by atoms with E-state index in [1.807, 2.05) is 37.3 Å². The Labute approximate surface area is 132 Å². The van der Waals surface area contributed by atoms with Gasteiger partial charge in [0.2, 0.25) is 0 Å². The minimum atomic E-state index is 0.582. The molecule has 0 amide bonds. The molecule has 0 saturated carbocycles. The number of rotatable bonds is 11. The van der Waals surface area contributed by atoms with Gasteiger partial charge in [-0.15, -0.1) is 0 Å². The van der Waals surface area contributed by atoms with E-state index in [2.05, 4.69) is 15.6 Å². The molecular formula is C16H27N3O3. The second-order valence-corrected chi connectivity index (χ2v) is 4.45. The molecule has 0 fully saturated rings. The summed E-state index contributed by atoms with van der Waals surface area (Å²) in [5.74, 6) is 1.65. The molecule has 0 aliphatic carbocycles. The van der Waals surface area contributed by atoms with Crippen molar-refractivity contribution in [2.45, 2.75) is 6.92 Å². The molecule has 0 saturated heterocycles. The normalized spacial score (nSPS) is 11.3. The fraction of sp³-hybridized carbons (Fsp3) is 0.562. The largest absolute Gasteiger partial charge is 0.492 e. The molecule has 0 aromatic heterocycles. The molecule has 0 radical (unpaired) electrons. The zero-order valence-electron chi connectivity index (χ0n) is 13.5. The fourth-order valence-electron chi connectivity index (χ4n) is 1.66. The van der Waals surface area contributed by atoms with Gasteiger partial charge in [0.05, 0.1) is 32.9 Å². The summed E-state index contributed by atoms with van der Waals surface area (Å²) in [5, 5.41) is 6.41. The van der Waals surface area contributed by atoms with Crippen molar-refractivity contribution in [1.82, 2.24) is 10.6 Å². The molecule has 6 heteroatoms. The molecule has 0 heterocycles. The van der Waals surface area contributed by atoms with E-state index in [0.29, 0.717) is 39.5 Å². The van der Waals surface area contributed by atoms with E-state index in [1.165, 1.54) is 0 Å². The number of aliphatic imine (C=N–C) groups is 1. The molecule has 1 aromatic rings. The molecule has 1 rings (SSSR count). The third-order valence-electron chi connectivity index (χ3n) is 2.69. The van der Waals surface area contributed by atoms with Crippen LogP contribution < -0.4 is 15.4 Å². The fourth-order valence-corrected chi connectivity index (χ4v) is 1.66. The minimum Gasteiger partial charge on any atom is -0.492 e. The number of nitrogens with one attached hydrogen (secondary N) is 2. The van der Waals surface area contributed by atoms with Crippen LogP contribution in [-0.4, -0.2) is 59.1 Å². The van der Waals surface area contributed by atoms with E-state index in [1.54, 1.807) is 7.11 Å². The average Bonchev–Trinajstić information content (AvgIpc) is 2.55. The van der Waals surface area contributed by atoms with Crippen molar-refractivity contribution in [3.8, 4) is 5.75 Å². The number of guanidine groups is 1. The van der Waals surface area contributed by atoms with Gasteiger partial charge in [-0.25, -0.2) is 0 Å². The highest BCUT2D eigenvalue weighted by Crippen LogP contribution is 2.07. The number of methoxy groups -OCH3 is 1. The van der Waals surface area contributed by atoms with Crippen molar-refractivity contribution in [2.75, 3.05) is 53.2 Å². The molecule has 2 N–H and O–H groups in total. The molecule has 0 unspecified atom stereocenters. The quantitative estimate of drug-likeness (QED) is 0.366. The van der Waals surface area contributed by atoms with E-state index in [0.717, 1.165) is 18.3 Å². The maximum Gasteiger partial charge on any atom is 0.191 e. The molecule has 1 aromatic carbocycles. The van der Waals surface area contributed by atoms with E-state index in [9.17, 15) is 0 Å². The van der Waals surface area contributed by atoms with Crippen LogP contribution in [0, 0.1) is 0 Å². The van der Waals surface area contributed by atoms with Gasteiger partial charge in [-0.2, -0.15) is 0 Å². The van der Waals surface area contributed by atoms with Crippen LogP contribution in [0.25, 0.3) is 0 Å². The number of para-hydroxylation sites is 1. The van der Waals surface area contributed by atoms with Gasteiger partial charge in [0.1, 0.15) is 12.4 Å². The molecule has 6 nitrogen and oxygen atoms in total. The number of hydrogen-bond acceptors (Lipinski definition) is 4. The number of ether oxygens (including phenoxy) is 3. The van der Waals surface area contributed by atoms with Gasteiger partial charge in [0.15, 0.2) is 5.96 Å². The third-order valence-corrected chi connectivity index (χ3v) is 2.69. The van der Waals surface area contributed by atoms with Gasteiger partial charge in [-0.3, -0.25) is 4.99 Å². The summed E-state index contributed by atoms with van der Waals surface area (Å²) >= 11 is 0. The Balaban J connectivity index is 2.16. The lowest BCUT2D eigenvalue weighted by molar-refractivity contribution is 0.0748. The lowest BCUT2D eigenvalue weighted by Gasteiger charge is -2.12. The Bertz CT molecular complexity index is 399. The second-order valence-electron chi connectivity index (χ2n) is 4.45. The molecule has 0 aliphatic rings. The highest BCUT2D eigenvalue weighted by Gasteiger charge is 1.97. The third kappa shape index (κ3) is 9.20. The SMILES string of the molecule is CCNC(=NCCOCCOC)NCCOc1ccccc1. The van der Waals surface area contributed by atoms with E-state index < -0.39 is 0 Å². The summed E-state index contributed by atoms with van der Waals surface area (Å²) < 4.78 is 15.9. The maximum absolute atomic E-state index is 5.62. The van der Waals surface area contributed by atoms with Crippen molar-refractivity contribution in [1.29, 1.82) is 0 Å². The zero-order valence-corrected chi connectivity index (χ0v) is 13.5. The van der Waals surface area contributed by atoms with Crippen LogP contribution in [0.5, 0.6) is 5.75 Å². The minimum absolute atomic E-state index is 0.582. The second kappa shape index (κ2) is 12.9. The summed E-state index contributed by atoms with van der Waals surface area (Å²) in [7, 11) is 1.66. The van der Waals surface area contributed by atoms with Gasteiger partial charge < -0.3 is 24.8 Å². The molecule has 0 aliphatic heterocycles. The van der Waals surface area contributed by atoms with Gasteiger partial charge >= 0.3 is 0 Å². The van der Waals surface area contributed by atoms with Crippen LogP contribution in [0.2, 0.25) is 0 Å². The predicted molar refractivity (Wildman–Crippen MR) is 88.6 cm³/mol. The Morgan fingerprint density at radius 3 is 2.59 bits per heavy atom. The smallest absolute Gasteiger partial charge is 0.191 e. The van der Waals surface area contributed by atoms with Crippen LogP contribution >= 0.6 is 0 Å². The lowest BCUT2D eigenvalue weighted by atomic mass is 10.3. The van der Waals surface area contributed by atoms with E-state index >= 15 is 0 Å². The standard InChI is InChI=1S/C16H27N3O3/c1-3-17-16(18-9-11-21-14-13-20-2)19-10-12-22-15-7-5-4-6-8-15/h4-8H,3,9-14H2,1-2H3,(H2,17,18,19). The predicted octanol–water partition coefficient (Wildman–Crippen LogP) is 1.28. The van der Waals surface area contributed by atoms with Gasteiger partial charge in [0.25, 0.3) is 0 Å². The first-order chi connectivity index (χ1) is 10.9. The lowest BCUT2D eigenvalue weighted by Crippen LogP contribution is -2.39. The van der Waals surface area contributed by atoms with Crippen molar-refractivity contribution in [3.63, 3.8) is 0 Å². The first-order valence-electron chi connectivity index (χ1n) is 7.63. The Kier molecular flexibility index (Phi) is 10.7. The van der Waals surface area contributed by atoms with Gasteiger partial charge in [-0.05, 0) is 19.1 Å². The van der Waals surface area contributed by atoms with Crippen molar-refractivity contribution < 1.29 is 14.2 Å². The van der Waals surface area contributed by atoms with Crippen LogP contribution in [0.4, 0.5) is 0 Å². The molecule has 22 heavy (non-hydrogen) atoms. The first kappa shape index (κ1) is 18.3. The van der Waals surface area contributed by atoms with E-state index in [-0.39, 0.29) is 0 Å². The Hall–Kier alpha value is -1.79. The van der Waals surface area contributed by atoms with Crippen LogP contribution in [0.3, 0.4) is 0 Å². The van der Waals surface area contributed by atoms with Gasteiger partial charge in [0, 0.05) is 13.7 Å². The van der Waals surface area contributed by atoms with Crippen LogP contribution in [0.1, 0.15) is 6.92 Å². The van der Waals surface area contributed by atoms with Gasteiger partial charge in [-0.1, -0.05) is 18.2 Å². The van der Waals surface area contributed by atoms with Crippen molar-refractivity contribution >= 4 is 5.96 Å². The Morgan fingerprint density at radius 2 is 1.86 bits per heavy atom. The summed E-state index contributed by atoms with van der Waals surface area (Å²) in [4.78, 5) is 4.43. The van der Waals surface area contributed by atoms with E-state index in [4.69, 9.17) is 14.2 Å². The summed E-state index contributed by atoms with van der Waals surface area (Å²) in [6.07, 6.45) is 0. The summed E-state index contributed by atoms with van der Waals surface area (Å²) in [5.41, 5.74) is 0. The first-order valence-corrected chi connectivity index (χ1v) is 7.63. The van der Waals surface area contributed by atoms with Crippen molar-refractivity contribution in [2.24, 2.45) is 4.99 Å². The molecule has 0 atom stereocenters. The topological polar surface area (TPSA) is 64.1 Å².